The van der Waals surface area contributed by atoms with Gasteiger partial charge in [0.25, 0.3) is 0 Å². The van der Waals surface area contributed by atoms with Crippen LogP contribution >= 0.6 is 22.9 Å². The number of rotatable bonds is 2. The molecule has 0 aromatic carbocycles. The average molecular weight is 229 g/mol. The van der Waals surface area contributed by atoms with Crippen LogP contribution in [-0.2, 0) is 5.60 Å². The van der Waals surface area contributed by atoms with E-state index in [0.29, 0.717) is 4.34 Å². The van der Waals surface area contributed by atoms with Crippen LogP contribution in [0.3, 0.4) is 0 Å². The Kier molecular flexibility index (Phi) is 2.39. The molecule has 0 amide bonds. The Morgan fingerprint density at radius 2 is 2.21 bits per heavy atom. The quantitative estimate of drug-likeness (QED) is 0.856. The van der Waals surface area contributed by atoms with Gasteiger partial charge >= 0.3 is 0 Å². The van der Waals surface area contributed by atoms with Gasteiger partial charge in [-0.05, 0) is 25.1 Å². The maximum absolute atomic E-state index is 10.3. The molecule has 1 N–H and O–H groups in total. The van der Waals surface area contributed by atoms with Crippen LogP contribution in [-0.4, -0.2) is 5.11 Å². The lowest BCUT2D eigenvalue weighted by molar-refractivity contribution is 0.105. The molecule has 1 unspecified atom stereocenters. The molecule has 2 aromatic heterocycles. The van der Waals surface area contributed by atoms with Gasteiger partial charge in [0.15, 0.2) is 0 Å². The first kappa shape index (κ1) is 9.77. The molecule has 0 saturated heterocycles. The fraction of sp³-hybridized carbons (Fsp3) is 0.200. The Bertz CT molecular complexity index is 417. The molecule has 2 nitrogen and oxygen atoms in total. The SMILES string of the molecule is CC(O)(c1ccoc1)c1ccc(Cl)s1. The Morgan fingerprint density at radius 3 is 2.71 bits per heavy atom. The zero-order valence-corrected chi connectivity index (χ0v) is 9.10. The lowest BCUT2D eigenvalue weighted by Gasteiger charge is -2.19. The molecule has 1 atom stereocenters. The van der Waals surface area contributed by atoms with Crippen LogP contribution in [0.15, 0.2) is 35.1 Å². The summed E-state index contributed by atoms with van der Waals surface area (Å²) in [6.45, 7) is 1.72. The van der Waals surface area contributed by atoms with Crippen molar-refractivity contribution in [2.24, 2.45) is 0 Å². The summed E-state index contributed by atoms with van der Waals surface area (Å²) >= 11 is 7.18. The molecule has 0 aliphatic rings. The summed E-state index contributed by atoms with van der Waals surface area (Å²) in [5.41, 5.74) is -0.291. The van der Waals surface area contributed by atoms with E-state index in [0.717, 1.165) is 10.4 Å². The summed E-state index contributed by atoms with van der Waals surface area (Å²) in [7, 11) is 0. The molecular weight excluding hydrogens is 220 g/mol. The summed E-state index contributed by atoms with van der Waals surface area (Å²) < 4.78 is 5.61. The molecule has 0 radical (unpaired) electrons. The number of hydrogen-bond acceptors (Lipinski definition) is 3. The first-order valence-electron chi connectivity index (χ1n) is 4.11. The number of aliphatic hydroxyl groups is 1. The van der Waals surface area contributed by atoms with Gasteiger partial charge < -0.3 is 9.52 Å². The van der Waals surface area contributed by atoms with Gasteiger partial charge in [0.05, 0.1) is 16.9 Å². The minimum atomic E-state index is -1.02. The van der Waals surface area contributed by atoms with E-state index in [1.54, 1.807) is 25.3 Å². The number of thiophene rings is 1. The zero-order chi connectivity index (χ0) is 10.2. The number of furan rings is 1. The summed E-state index contributed by atoms with van der Waals surface area (Å²) in [5, 5.41) is 10.3. The fourth-order valence-electron chi connectivity index (χ4n) is 1.26. The van der Waals surface area contributed by atoms with Crippen molar-refractivity contribution in [2.75, 3.05) is 0 Å². The summed E-state index contributed by atoms with van der Waals surface area (Å²) in [4.78, 5) is 0.809. The topological polar surface area (TPSA) is 33.4 Å². The normalized spacial score (nSPS) is 15.4. The van der Waals surface area contributed by atoms with E-state index in [9.17, 15) is 5.11 Å². The largest absolute Gasteiger partial charge is 0.472 e. The summed E-state index contributed by atoms with van der Waals surface area (Å²) in [6, 6.07) is 5.34. The van der Waals surface area contributed by atoms with Gasteiger partial charge in [0.2, 0.25) is 0 Å². The van der Waals surface area contributed by atoms with E-state index in [-0.39, 0.29) is 0 Å². The zero-order valence-electron chi connectivity index (χ0n) is 7.53. The number of halogens is 1. The van der Waals surface area contributed by atoms with E-state index in [4.69, 9.17) is 16.0 Å². The van der Waals surface area contributed by atoms with Gasteiger partial charge in [-0.1, -0.05) is 11.6 Å². The summed E-state index contributed by atoms with van der Waals surface area (Å²) in [6.07, 6.45) is 3.08. The van der Waals surface area contributed by atoms with Gasteiger partial charge in [-0.3, -0.25) is 0 Å². The predicted molar refractivity (Wildman–Crippen MR) is 56.7 cm³/mol. The van der Waals surface area contributed by atoms with Crippen LogP contribution < -0.4 is 0 Å². The molecule has 2 heterocycles. The molecule has 2 rings (SSSR count). The van der Waals surface area contributed by atoms with E-state index < -0.39 is 5.60 Å². The molecule has 0 saturated carbocycles. The van der Waals surface area contributed by atoms with Gasteiger partial charge in [-0.2, -0.15) is 0 Å². The first-order chi connectivity index (χ1) is 6.60. The Morgan fingerprint density at radius 1 is 1.43 bits per heavy atom. The molecule has 0 fully saturated rings. The molecule has 0 bridgehead atoms. The molecule has 2 aromatic rings. The Hall–Kier alpha value is -0.770. The molecule has 74 valence electrons. The van der Waals surface area contributed by atoms with E-state index in [1.165, 1.54) is 17.6 Å². The van der Waals surface area contributed by atoms with Crippen molar-refractivity contribution in [2.45, 2.75) is 12.5 Å². The second-order valence-electron chi connectivity index (χ2n) is 3.19. The van der Waals surface area contributed by atoms with Crippen LogP contribution in [0.1, 0.15) is 17.4 Å². The minimum Gasteiger partial charge on any atom is -0.472 e. The van der Waals surface area contributed by atoms with Crippen molar-refractivity contribution in [1.29, 1.82) is 0 Å². The second kappa shape index (κ2) is 3.42. The van der Waals surface area contributed by atoms with Gasteiger partial charge in [0.1, 0.15) is 5.60 Å². The third-order valence-corrected chi connectivity index (χ3v) is 3.58. The molecule has 4 heteroatoms. The third kappa shape index (κ3) is 1.59. The predicted octanol–water partition coefficient (Wildman–Crippen LogP) is 3.25. The van der Waals surface area contributed by atoms with Crippen molar-refractivity contribution < 1.29 is 9.52 Å². The highest BCUT2D eigenvalue weighted by molar-refractivity contribution is 7.16. The highest BCUT2D eigenvalue weighted by Gasteiger charge is 2.28. The minimum absolute atomic E-state index is 0.670. The lowest BCUT2D eigenvalue weighted by atomic mass is 9.97. The standard InChI is InChI=1S/C10H9ClO2S/c1-10(12,7-4-5-13-6-7)8-2-3-9(11)14-8/h2-6,12H,1H3. The molecule has 14 heavy (non-hydrogen) atoms. The molecule has 0 aliphatic carbocycles. The molecular formula is C10H9ClO2S. The Labute approximate surface area is 90.8 Å². The van der Waals surface area contributed by atoms with Gasteiger partial charge in [-0.15, -0.1) is 11.3 Å². The highest BCUT2D eigenvalue weighted by atomic mass is 35.5. The van der Waals surface area contributed by atoms with Crippen molar-refractivity contribution in [1.82, 2.24) is 0 Å². The van der Waals surface area contributed by atoms with Crippen LogP contribution in [0.2, 0.25) is 4.34 Å². The maximum Gasteiger partial charge on any atom is 0.124 e. The molecule has 0 spiro atoms. The van der Waals surface area contributed by atoms with Crippen molar-refractivity contribution in [3.63, 3.8) is 0 Å². The number of hydrogen-bond donors (Lipinski definition) is 1. The average Bonchev–Trinajstić information content (AvgIpc) is 2.72. The third-order valence-electron chi connectivity index (χ3n) is 2.14. The van der Waals surface area contributed by atoms with Gasteiger partial charge in [-0.25, -0.2) is 0 Å². The first-order valence-corrected chi connectivity index (χ1v) is 5.31. The molecule has 0 aliphatic heterocycles. The fourth-order valence-corrected chi connectivity index (χ4v) is 2.37. The van der Waals surface area contributed by atoms with Crippen LogP contribution in [0, 0.1) is 0 Å². The van der Waals surface area contributed by atoms with Crippen LogP contribution in [0.4, 0.5) is 0 Å². The summed E-state index contributed by atoms with van der Waals surface area (Å²) in [5.74, 6) is 0. The van der Waals surface area contributed by atoms with Crippen molar-refractivity contribution in [3.05, 3.63) is 45.5 Å². The van der Waals surface area contributed by atoms with E-state index in [2.05, 4.69) is 0 Å². The van der Waals surface area contributed by atoms with E-state index in [1.807, 2.05) is 6.07 Å². The monoisotopic (exact) mass is 228 g/mol. The maximum atomic E-state index is 10.3. The Balaban J connectivity index is 2.42. The smallest absolute Gasteiger partial charge is 0.124 e. The highest BCUT2D eigenvalue weighted by Crippen LogP contribution is 2.35. The van der Waals surface area contributed by atoms with Crippen molar-refractivity contribution >= 4 is 22.9 Å². The van der Waals surface area contributed by atoms with Gasteiger partial charge in [0, 0.05) is 10.4 Å². The van der Waals surface area contributed by atoms with Crippen molar-refractivity contribution in [3.8, 4) is 0 Å². The van der Waals surface area contributed by atoms with Crippen LogP contribution in [0.5, 0.6) is 0 Å². The van der Waals surface area contributed by atoms with E-state index >= 15 is 0 Å². The van der Waals surface area contributed by atoms with Crippen LogP contribution in [0.25, 0.3) is 0 Å². The second-order valence-corrected chi connectivity index (χ2v) is 4.90. The lowest BCUT2D eigenvalue weighted by Crippen LogP contribution is -2.20.